The first kappa shape index (κ1) is 17.4. The summed E-state index contributed by atoms with van der Waals surface area (Å²) in [6, 6.07) is 14.0. The lowest BCUT2D eigenvalue weighted by Crippen LogP contribution is -2.17. The molecule has 1 aromatic carbocycles. The summed E-state index contributed by atoms with van der Waals surface area (Å²) < 4.78 is 1.99. The van der Waals surface area contributed by atoms with E-state index in [0.717, 1.165) is 17.8 Å². The third-order valence-corrected chi connectivity index (χ3v) is 5.35. The number of hydrogen-bond acceptors (Lipinski definition) is 3. The number of carbonyl (C=O) groups excluding carboxylic acids is 1. The fraction of sp³-hybridized carbons (Fsp3) is 0.300. The van der Waals surface area contributed by atoms with Crippen LogP contribution in [-0.4, -0.2) is 15.5 Å². The van der Waals surface area contributed by atoms with Crippen LogP contribution in [0.15, 0.2) is 54.9 Å². The first-order valence-corrected chi connectivity index (χ1v) is 9.22. The van der Waals surface area contributed by atoms with Gasteiger partial charge in [-0.05, 0) is 29.5 Å². The quantitative estimate of drug-likeness (QED) is 0.720. The maximum atomic E-state index is 12.6. The van der Waals surface area contributed by atoms with Crippen molar-refractivity contribution in [3.05, 3.63) is 71.0 Å². The standard InChI is InChI=1S/C20H23N3OS/c1-20(2,3)17-14-21-19(25-17)22-18(24)16-10-7-12-23(16)13-11-15-8-5-4-6-9-15/h4-10,12,14H,11,13H2,1-3H3,(H,21,22,24). The molecule has 0 bridgehead atoms. The largest absolute Gasteiger partial charge is 0.343 e. The second-order valence-corrected chi connectivity index (χ2v) is 8.09. The smallest absolute Gasteiger partial charge is 0.274 e. The van der Waals surface area contributed by atoms with Crippen molar-refractivity contribution in [3.8, 4) is 0 Å². The molecule has 0 aliphatic heterocycles. The predicted molar refractivity (Wildman–Crippen MR) is 103 cm³/mol. The summed E-state index contributed by atoms with van der Waals surface area (Å²) >= 11 is 1.53. The van der Waals surface area contributed by atoms with Gasteiger partial charge >= 0.3 is 0 Å². The van der Waals surface area contributed by atoms with Gasteiger partial charge in [0.05, 0.1) is 0 Å². The number of aromatic nitrogens is 2. The molecule has 1 amide bonds. The molecule has 0 spiro atoms. The van der Waals surface area contributed by atoms with Crippen molar-refractivity contribution in [1.29, 1.82) is 0 Å². The monoisotopic (exact) mass is 353 g/mol. The van der Waals surface area contributed by atoms with Gasteiger partial charge in [0.25, 0.3) is 5.91 Å². The molecule has 3 aromatic rings. The van der Waals surface area contributed by atoms with E-state index in [9.17, 15) is 4.79 Å². The Morgan fingerprint density at radius 3 is 2.60 bits per heavy atom. The van der Waals surface area contributed by atoms with Gasteiger partial charge in [-0.3, -0.25) is 10.1 Å². The molecule has 130 valence electrons. The maximum Gasteiger partial charge on any atom is 0.274 e. The average molecular weight is 353 g/mol. The lowest BCUT2D eigenvalue weighted by Gasteiger charge is -2.14. The number of anilines is 1. The summed E-state index contributed by atoms with van der Waals surface area (Å²) in [5.41, 5.74) is 1.96. The number of rotatable bonds is 5. The molecule has 1 N–H and O–H groups in total. The minimum atomic E-state index is -0.118. The molecule has 0 radical (unpaired) electrons. The van der Waals surface area contributed by atoms with Gasteiger partial charge < -0.3 is 4.57 Å². The molecular formula is C20H23N3OS. The second kappa shape index (κ2) is 7.23. The van der Waals surface area contributed by atoms with Gasteiger partial charge in [0, 0.05) is 23.8 Å². The number of hydrogen-bond donors (Lipinski definition) is 1. The SMILES string of the molecule is CC(C)(C)c1cnc(NC(=O)c2cccn2CCc2ccccc2)s1. The van der Waals surface area contributed by atoms with Crippen LogP contribution in [0.3, 0.4) is 0 Å². The fourth-order valence-electron chi connectivity index (χ4n) is 2.55. The highest BCUT2D eigenvalue weighted by Gasteiger charge is 2.19. The van der Waals surface area contributed by atoms with E-state index in [1.165, 1.54) is 16.9 Å². The second-order valence-electron chi connectivity index (χ2n) is 7.06. The van der Waals surface area contributed by atoms with E-state index in [2.05, 4.69) is 43.2 Å². The third kappa shape index (κ3) is 4.37. The molecule has 2 aromatic heterocycles. The number of benzene rings is 1. The van der Waals surface area contributed by atoms with Gasteiger partial charge in [-0.15, -0.1) is 11.3 Å². The Morgan fingerprint density at radius 2 is 1.92 bits per heavy atom. The summed E-state index contributed by atoms with van der Waals surface area (Å²) in [6.45, 7) is 7.19. The highest BCUT2D eigenvalue weighted by molar-refractivity contribution is 7.15. The van der Waals surface area contributed by atoms with Gasteiger partial charge in [-0.25, -0.2) is 4.98 Å². The molecule has 0 saturated heterocycles. The van der Waals surface area contributed by atoms with Crippen molar-refractivity contribution in [2.45, 2.75) is 39.2 Å². The highest BCUT2D eigenvalue weighted by Crippen LogP contribution is 2.30. The lowest BCUT2D eigenvalue weighted by atomic mass is 9.96. The number of amides is 1. The molecule has 0 fully saturated rings. The van der Waals surface area contributed by atoms with Crippen molar-refractivity contribution >= 4 is 22.4 Å². The van der Waals surface area contributed by atoms with Gasteiger partial charge in [0.1, 0.15) is 5.69 Å². The zero-order valence-corrected chi connectivity index (χ0v) is 15.6. The number of nitrogens with zero attached hydrogens (tertiary/aromatic N) is 2. The van der Waals surface area contributed by atoms with Crippen molar-refractivity contribution in [3.63, 3.8) is 0 Å². The maximum absolute atomic E-state index is 12.6. The van der Waals surface area contributed by atoms with Crippen LogP contribution in [0.2, 0.25) is 0 Å². The summed E-state index contributed by atoms with van der Waals surface area (Å²) in [5.74, 6) is -0.118. The molecule has 0 aliphatic carbocycles. The predicted octanol–water partition coefficient (Wildman–Crippen LogP) is 4.74. The van der Waals surface area contributed by atoms with Gasteiger partial charge in [0.2, 0.25) is 0 Å². The summed E-state index contributed by atoms with van der Waals surface area (Å²) in [5, 5.41) is 3.57. The van der Waals surface area contributed by atoms with E-state index < -0.39 is 0 Å². The van der Waals surface area contributed by atoms with Crippen LogP contribution in [0.4, 0.5) is 5.13 Å². The van der Waals surface area contributed by atoms with Crippen molar-refractivity contribution in [2.75, 3.05) is 5.32 Å². The van der Waals surface area contributed by atoms with Crippen LogP contribution in [0.5, 0.6) is 0 Å². The van der Waals surface area contributed by atoms with Crippen LogP contribution in [-0.2, 0) is 18.4 Å². The first-order valence-electron chi connectivity index (χ1n) is 8.40. The normalized spacial score (nSPS) is 11.5. The Bertz CT molecular complexity index is 843. The topological polar surface area (TPSA) is 46.9 Å². The number of carbonyl (C=O) groups is 1. The van der Waals surface area contributed by atoms with Crippen molar-refractivity contribution in [1.82, 2.24) is 9.55 Å². The van der Waals surface area contributed by atoms with Gasteiger partial charge in [-0.1, -0.05) is 51.1 Å². The molecule has 5 heteroatoms. The van der Waals surface area contributed by atoms with E-state index in [0.29, 0.717) is 10.8 Å². The minimum absolute atomic E-state index is 0.0382. The van der Waals surface area contributed by atoms with E-state index in [4.69, 9.17) is 0 Å². The zero-order valence-electron chi connectivity index (χ0n) is 14.8. The molecule has 0 unspecified atom stereocenters. The summed E-state index contributed by atoms with van der Waals surface area (Å²) in [6.07, 6.45) is 4.68. The van der Waals surface area contributed by atoms with Crippen molar-refractivity contribution < 1.29 is 4.79 Å². The molecule has 2 heterocycles. The third-order valence-electron chi connectivity index (χ3n) is 4.01. The molecule has 3 rings (SSSR count). The Balaban J connectivity index is 1.67. The number of nitrogens with one attached hydrogen (secondary N) is 1. The molecule has 0 saturated carbocycles. The average Bonchev–Trinajstić information content (AvgIpc) is 3.22. The van der Waals surface area contributed by atoms with Crippen LogP contribution in [0.1, 0.15) is 41.7 Å². The van der Waals surface area contributed by atoms with E-state index in [1.54, 1.807) is 0 Å². The Kier molecular flexibility index (Phi) is 5.04. The summed E-state index contributed by atoms with van der Waals surface area (Å²) in [4.78, 5) is 18.1. The van der Waals surface area contributed by atoms with Crippen LogP contribution in [0, 0.1) is 0 Å². The summed E-state index contributed by atoms with van der Waals surface area (Å²) in [7, 11) is 0. The van der Waals surface area contributed by atoms with E-state index in [-0.39, 0.29) is 11.3 Å². The Morgan fingerprint density at radius 1 is 1.16 bits per heavy atom. The minimum Gasteiger partial charge on any atom is -0.343 e. The molecular weight excluding hydrogens is 330 g/mol. The Hall–Kier alpha value is -2.40. The molecule has 4 nitrogen and oxygen atoms in total. The first-order chi connectivity index (χ1) is 11.9. The number of aryl methyl sites for hydroxylation is 2. The number of thiazole rings is 1. The van der Waals surface area contributed by atoms with Crippen molar-refractivity contribution in [2.24, 2.45) is 0 Å². The van der Waals surface area contributed by atoms with E-state index >= 15 is 0 Å². The molecule has 0 atom stereocenters. The van der Waals surface area contributed by atoms with Crippen LogP contribution < -0.4 is 5.32 Å². The van der Waals surface area contributed by atoms with Crippen LogP contribution in [0.25, 0.3) is 0 Å². The molecule has 25 heavy (non-hydrogen) atoms. The van der Waals surface area contributed by atoms with E-state index in [1.807, 2.05) is 47.3 Å². The lowest BCUT2D eigenvalue weighted by molar-refractivity contribution is 0.101. The van der Waals surface area contributed by atoms with Gasteiger partial charge in [0.15, 0.2) is 5.13 Å². The van der Waals surface area contributed by atoms with Gasteiger partial charge in [-0.2, -0.15) is 0 Å². The molecule has 0 aliphatic rings. The fourth-order valence-corrected chi connectivity index (χ4v) is 3.42. The highest BCUT2D eigenvalue weighted by atomic mass is 32.1. The zero-order chi connectivity index (χ0) is 17.9. The van der Waals surface area contributed by atoms with Crippen LogP contribution >= 0.6 is 11.3 Å². The Labute approximate surface area is 152 Å².